The summed E-state index contributed by atoms with van der Waals surface area (Å²) < 4.78 is 2.38. The van der Waals surface area contributed by atoms with Crippen molar-refractivity contribution < 1.29 is 0 Å². The van der Waals surface area contributed by atoms with Crippen LogP contribution < -0.4 is 4.90 Å². The van der Waals surface area contributed by atoms with Crippen LogP contribution in [0.2, 0.25) is 0 Å². The van der Waals surface area contributed by atoms with Gasteiger partial charge in [-0.1, -0.05) is 182 Å². The van der Waals surface area contributed by atoms with Crippen LogP contribution in [0, 0.1) is 0 Å². The minimum atomic E-state index is 1.09. The average molecular weight is 789 g/mol. The quantitative estimate of drug-likeness (QED) is 0.146. The van der Waals surface area contributed by atoms with Crippen LogP contribution in [0.1, 0.15) is 0 Å². The van der Waals surface area contributed by atoms with E-state index < -0.39 is 0 Å². The van der Waals surface area contributed by atoms with Crippen LogP contribution in [-0.4, -0.2) is 4.57 Å². The summed E-state index contributed by atoms with van der Waals surface area (Å²) in [7, 11) is 0. The van der Waals surface area contributed by atoms with Crippen LogP contribution in [0.25, 0.3) is 93.2 Å². The molecule has 0 aliphatic carbocycles. The molecule has 62 heavy (non-hydrogen) atoms. The van der Waals surface area contributed by atoms with Gasteiger partial charge in [0, 0.05) is 33.2 Å². The Morgan fingerprint density at radius 2 is 0.742 bits per heavy atom. The Balaban J connectivity index is 1.04. The van der Waals surface area contributed by atoms with Crippen molar-refractivity contribution in [3.63, 3.8) is 0 Å². The number of hydrogen-bond donors (Lipinski definition) is 0. The Kier molecular flexibility index (Phi) is 8.53. The molecule has 2 nitrogen and oxygen atoms in total. The SMILES string of the molecule is c1ccc(-c2c3ccccc3c(-c3ccccc3)c3cc(-c4cccc5c(N(c6ccccc6)c6ccc(-n7c8ccccc8c8ccccc87)cc6)cccc45)ccc23)cc1. The fourth-order valence-electron chi connectivity index (χ4n) is 9.87. The highest BCUT2D eigenvalue weighted by molar-refractivity contribution is 6.22. The number of fused-ring (bicyclic) bond motifs is 6. The van der Waals surface area contributed by atoms with Gasteiger partial charge in [0.25, 0.3) is 0 Å². The van der Waals surface area contributed by atoms with Crippen molar-refractivity contribution in [3.8, 4) is 39.1 Å². The number of rotatable bonds is 7. The van der Waals surface area contributed by atoms with Crippen LogP contribution in [0.3, 0.4) is 0 Å². The van der Waals surface area contributed by atoms with E-state index in [9.17, 15) is 0 Å². The molecule has 0 aliphatic heterocycles. The third-order valence-electron chi connectivity index (χ3n) is 12.6. The summed E-state index contributed by atoms with van der Waals surface area (Å²) in [5.41, 5.74) is 14.2. The summed E-state index contributed by atoms with van der Waals surface area (Å²) in [6.07, 6.45) is 0. The van der Waals surface area contributed by atoms with Gasteiger partial charge < -0.3 is 9.47 Å². The van der Waals surface area contributed by atoms with Gasteiger partial charge in [0.05, 0.1) is 16.7 Å². The highest BCUT2D eigenvalue weighted by Gasteiger charge is 2.20. The molecule has 0 atom stereocenters. The largest absolute Gasteiger partial charge is 0.310 e. The molecule has 12 aromatic rings. The highest BCUT2D eigenvalue weighted by atomic mass is 15.1. The Morgan fingerprint density at radius 1 is 0.274 bits per heavy atom. The van der Waals surface area contributed by atoms with E-state index in [4.69, 9.17) is 0 Å². The van der Waals surface area contributed by atoms with Crippen LogP contribution in [0.15, 0.2) is 243 Å². The molecule has 1 aromatic heterocycles. The number of para-hydroxylation sites is 3. The lowest BCUT2D eigenvalue weighted by Crippen LogP contribution is -2.10. The first-order valence-corrected chi connectivity index (χ1v) is 21.4. The van der Waals surface area contributed by atoms with Crippen molar-refractivity contribution in [1.82, 2.24) is 4.57 Å². The first kappa shape index (κ1) is 35.7. The van der Waals surface area contributed by atoms with Crippen LogP contribution in [0.4, 0.5) is 17.1 Å². The lowest BCUT2D eigenvalue weighted by molar-refractivity contribution is 1.17. The molecular formula is C60H40N2. The zero-order valence-corrected chi connectivity index (χ0v) is 34.0. The van der Waals surface area contributed by atoms with Crippen molar-refractivity contribution in [1.29, 1.82) is 0 Å². The van der Waals surface area contributed by atoms with Gasteiger partial charge in [0.2, 0.25) is 0 Å². The van der Waals surface area contributed by atoms with E-state index in [0.717, 1.165) is 22.7 Å². The molecule has 0 saturated heterocycles. The van der Waals surface area contributed by atoms with E-state index in [1.54, 1.807) is 0 Å². The number of benzene rings is 11. The summed E-state index contributed by atoms with van der Waals surface area (Å²) in [5, 5.41) is 9.92. The van der Waals surface area contributed by atoms with Gasteiger partial charge >= 0.3 is 0 Å². The topological polar surface area (TPSA) is 8.17 Å². The molecular weight excluding hydrogens is 749 g/mol. The van der Waals surface area contributed by atoms with E-state index in [1.165, 1.54) is 87.5 Å². The van der Waals surface area contributed by atoms with Gasteiger partial charge in [0.15, 0.2) is 0 Å². The van der Waals surface area contributed by atoms with Gasteiger partial charge in [-0.05, 0) is 121 Å². The van der Waals surface area contributed by atoms with Gasteiger partial charge in [-0.15, -0.1) is 0 Å². The van der Waals surface area contributed by atoms with Gasteiger partial charge in [-0.2, -0.15) is 0 Å². The lowest BCUT2D eigenvalue weighted by atomic mass is 9.84. The maximum absolute atomic E-state index is 2.43. The first-order chi connectivity index (χ1) is 30.8. The second-order valence-corrected chi connectivity index (χ2v) is 16.0. The Bertz CT molecular complexity index is 3550. The van der Waals surface area contributed by atoms with Crippen molar-refractivity contribution in [2.75, 3.05) is 4.90 Å². The summed E-state index contributed by atoms with van der Waals surface area (Å²) >= 11 is 0. The summed E-state index contributed by atoms with van der Waals surface area (Å²) in [6, 6.07) is 88.4. The average Bonchev–Trinajstić information content (AvgIpc) is 3.68. The van der Waals surface area contributed by atoms with Crippen LogP contribution in [0.5, 0.6) is 0 Å². The molecule has 1 heterocycles. The van der Waals surface area contributed by atoms with E-state index in [1.807, 2.05) is 0 Å². The summed E-state index contributed by atoms with van der Waals surface area (Å²) in [4.78, 5) is 2.40. The maximum atomic E-state index is 2.43. The minimum Gasteiger partial charge on any atom is -0.310 e. The molecule has 0 fully saturated rings. The molecule has 290 valence electrons. The standard InChI is InChI=1S/C60H40N2/c1-4-18-41(19-5-1)59-52-26-10-11-27-53(52)60(42-20-6-2-7-21-42)55-40-43(34-39-54(55)59)47-28-16-30-49-48(47)29-17-33-56(49)61(44-22-8-3-9-23-44)45-35-37-46(38-36-45)62-57-31-14-12-24-50(57)51-25-13-15-32-58(51)62/h1-40H. The molecule has 0 bridgehead atoms. The fraction of sp³-hybridized carbons (Fsp3) is 0. The van der Waals surface area contributed by atoms with Gasteiger partial charge in [0.1, 0.15) is 0 Å². The molecule has 2 heteroatoms. The predicted molar refractivity (Wildman–Crippen MR) is 264 cm³/mol. The van der Waals surface area contributed by atoms with E-state index in [-0.39, 0.29) is 0 Å². The van der Waals surface area contributed by atoms with Crippen molar-refractivity contribution >= 4 is 71.2 Å². The van der Waals surface area contributed by atoms with Crippen molar-refractivity contribution in [2.45, 2.75) is 0 Å². The van der Waals surface area contributed by atoms with E-state index in [0.29, 0.717) is 0 Å². The molecule has 11 aromatic carbocycles. The maximum Gasteiger partial charge on any atom is 0.0541 e. The number of nitrogens with zero attached hydrogens (tertiary/aromatic N) is 2. The fourth-order valence-corrected chi connectivity index (χ4v) is 9.87. The van der Waals surface area contributed by atoms with E-state index >= 15 is 0 Å². The smallest absolute Gasteiger partial charge is 0.0541 e. The highest BCUT2D eigenvalue weighted by Crippen LogP contribution is 2.47. The van der Waals surface area contributed by atoms with Crippen LogP contribution >= 0.6 is 0 Å². The summed E-state index contributed by atoms with van der Waals surface area (Å²) in [5.74, 6) is 0. The molecule has 0 radical (unpaired) electrons. The number of aromatic nitrogens is 1. The predicted octanol–water partition coefficient (Wildman–Crippen LogP) is 16.7. The molecule has 0 aliphatic rings. The van der Waals surface area contributed by atoms with Gasteiger partial charge in [-0.3, -0.25) is 0 Å². The van der Waals surface area contributed by atoms with E-state index in [2.05, 4.69) is 252 Å². The Labute approximate surface area is 360 Å². The zero-order chi connectivity index (χ0) is 41.0. The normalized spacial score (nSPS) is 11.5. The first-order valence-electron chi connectivity index (χ1n) is 21.4. The zero-order valence-electron chi connectivity index (χ0n) is 34.0. The molecule has 0 unspecified atom stereocenters. The third kappa shape index (κ3) is 5.80. The molecule has 0 N–H and O–H groups in total. The number of anilines is 3. The Morgan fingerprint density at radius 3 is 1.37 bits per heavy atom. The monoisotopic (exact) mass is 788 g/mol. The molecule has 12 rings (SSSR count). The lowest BCUT2D eigenvalue weighted by Gasteiger charge is -2.27. The third-order valence-corrected chi connectivity index (χ3v) is 12.6. The second kappa shape index (κ2) is 14.8. The van der Waals surface area contributed by atoms with Crippen LogP contribution in [-0.2, 0) is 0 Å². The van der Waals surface area contributed by atoms with Crippen molar-refractivity contribution in [2.24, 2.45) is 0 Å². The molecule has 0 saturated carbocycles. The van der Waals surface area contributed by atoms with Gasteiger partial charge in [-0.25, -0.2) is 0 Å². The Hall–Kier alpha value is -8.20. The second-order valence-electron chi connectivity index (χ2n) is 16.0. The number of hydrogen-bond acceptors (Lipinski definition) is 1. The molecule has 0 spiro atoms. The molecule has 0 amide bonds. The van der Waals surface area contributed by atoms with Crippen molar-refractivity contribution in [3.05, 3.63) is 243 Å². The minimum absolute atomic E-state index is 1.09. The summed E-state index contributed by atoms with van der Waals surface area (Å²) in [6.45, 7) is 0.